The number of amides is 4. The maximum atomic E-state index is 14.7. The summed E-state index contributed by atoms with van der Waals surface area (Å²) < 4.78 is 125. The van der Waals surface area contributed by atoms with E-state index in [0.717, 1.165) is 6.07 Å². The van der Waals surface area contributed by atoms with Gasteiger partial charge in [0.25, 0.3) is 11.8 Å². The van der Waals surface area contributed by atoms with E-state index in [4.69, 9.17) is 11.6 Å². The smallest absolute Gasteiger partial charge is 0.274 e. The first kappa shape index (κ1) is 29.3. The molecule has 0 atom stereocenters. The summed E-state index contributed by atoms with van der Waals surface area (Å²) in [5, 5.41) is -0.831. The largest absolute Gasteiger partial charge is 0.417 e. The Kier molecular flexibility index (Phi) is 8.06. The first-order valence-electron chi connectivity index (χ1n) is 10.7. The maximum Gasteiger partial charge on any atom is 0.417 e. The molecule has 2 aromatic rings. The fourth-order valence-electron chi connectivity index (χ4n) is 3.66. The normalized spacial score (nSPS) is 15.5. The predicted molar refractivity (Wildman–Crippen MR) is 113 cm³/mol. The number of urea groups is 1. The van der Waals surface area contributed by atoms with Crippen LogP contribution >= 0.6 is 11.6 Å². The van der Waals surface area contributed by atoms with E-state index < -0.39 is 102 Å². The molecule has 0 aromatic heterocycles. The first-order chi connectivity index (χ1) is 17.5. The van der Waals surface area contributed by atoms with Crippen LogP contribution in [0.25, 0.3) is 0 Å². The second-order valence-electron chi connectivity index (χ2n) is 8.25. The molecule has 1 heterocycles. The van der Waals surface area contributed by atoms with Crippen LogP contribution in [0.5, 0.6) is 0 Å². The molecule has 1 aliphatic rings. The number of hydrogen-bond acceptors (Lipinski definition) is 3. The van der Waals surface area contributed by atoms with Gasteiger partial charge >= 0.3 is 12.2 Å². The number of rotatable bonds is 8. The van der Waals surface area contributed by atoms with E-state index in [9.17, 15) is 53.9 Å². The van der Waals surface area contributed by atoms with Crippen LogP contribution in [-0.2, 0) is 27.6 Å². The number of alkyl halides is 7. The van der Waals surface area contributed by atoms with Crippen molar-refractivity contribution in [2.75, 3.05) is 13.1 Å². The molecule has 0 unspecified atom stereocenters. The van der Waals surface area contributed by atoms with Crippen molar-refractivity contribution in [3.05, 3.63) is 69.7 Å². The Balaban J connectivity index is 1.74. The van der Waals surface area contributed by atoms with Gasteiger partial charge in [-0.25, -0.2) is 31.1 Å². The number of barbiturate groups is 1. The number of imide groups is 2. The third-order valence-corrected chi connectivity index (χ3v) is 6.03. The molecule has 38 heavy (non-hydrogen) atoms. The molecule has 15 heteroatoms. The van der Waals surface area contributed by atoms with Crippen LogP contribution in [0.2, 0.25) is 5.02 Å². The second kappa shape index (κ2) is 10.5. The van der Waals surface area contributed by atoms with E-state index in [2.05, 4.69) is 0 Å². The van der Waals surface area contributed by atoms with Crippen LogP contribution < -0.4 is 0 Å². The van der Waals surface area contributed by atoms with Crippen molar-refractivity contribution < 1.29 is 53.9 Å². The van der Waals surface area contributed by atoms with Gasteiger partial charge in [0.1, 0.15) is 6.42 Å². The van der Waals surface area contributed by atoms with Gasteiger partial charge in [0.05, 0.1) is 16.1 Å². The van der Waals surface area contributed by atoms with Gasteiger partial charge in [-0.15, -0.1) is 0 Å². The molecule has 2 aromatic carbocycles. The minimum absolute atomic E-state index is 0.117. The van der Waals surface area contributed by atoms with Crippen LogP contribution in [0.1, 0.15) is 36.0 Å². The number of halogens is 10. The molecule has 0 saturated carbocycles. The summed E-state index contributed by atoms with van der Waals surface area (Å²) in [6.45, 7) is -2.15. The van der Waals surface area contributed by atoms with Crippen LogP contribution in [0.15, 0.2) is 36.4 Å². The molecular formula is C23H16ClF9N2O3. The number of benzene rings is 2. The quantitative estimate of drug-likeness (QED) is 0.268. The molecule has 1 aliphatic heterocycles. The topological polar surface area (TPSA) is 57.7 Å². The average molecular weight is 575 g/mol. The first-order valence-corrected chi connectivity index (χ1v) is 11.1. The van der Waals surface area contributed by atoms with Crippen molar-refractivity contribution >= 4 is 29.4 Å². The standard InChI is InChI=1S/C23H16ClF9N2O3/c24-15-5-4-12(10-14(15)23(31,32)33)21(27,28)6-8-34-17(36)11-18(37)35(20(34)38)9-7-22(29,30)13-2-1-3-16(25)19(13)26/h1-5,10H,6-9,11H2. The van der Waals surface area contributed by atoms with Gasteiger partial charge in [0.2, 0.25) is 11.8 Å². The van der Waals surface area contributed by atoms with Crippen molar-refractivity contribution in [2.45, 2.75) is 37.3 Å². The monoisotopic (exact) mass is 574 g/mol. The van der Waals surface area contributed by atoms with Crippen LogP contribution in [0.3, 0.4) is 0 Å². The van der Waals surface area contributed by atoms with E-state index in [1.807, 2.05) is 0 Å². The lowest BCUT2D eigenvalue weighted by Crippen LogP contribution is -2.56. The fraction of sp³-hybridized carbons (Fsp3) is 0.348. The highest BCUT2D eigenvalue weighted by molar-refractivity contribution is 6.31. The summed E-state index contributed by atoms with van der Waals surface area (Å²) in [5.41, 5.74) is -3.99. The number of carbonyl (C=O) groups is 3. The molecule has 5 nitrogen and oxygen atoms in total. The summed E-state index contributed by atoms with van der Waals surface area (Å²) in [5.74, 6) is -13.9. The highest BCUT2D eigenvalue weighted by Crippen LogP contribution is 2.40. The van der Waals surface area contributed by atoms with Gasteiger partial charge in [0, 0.05) is 31.5 Å². The lowest BCUT2D eigenvalue weighted by atomic mass is 10.0. The highest BCUT2D eigenvalue weighted by Gasteiger charge is 2.44. The zero-order valence-corrected chi connectivity index (χ0v) is 19.7. The summed E-state index contributed by atoms with van der Waals surface area (Å²) in [7, 11) is 0. The Morgan fingerprint density at radius 3 is 1.87 bits per heavy atom. The van der Waals surface area contributed by atoms with E-state index in [-0.39, 0.29) is 15.9 Å². The summed E-state index contributed by atoms with van der Waals surface area (Å²) in [6.07, 6.45) is -8.83. The van der Waals surface area contributed by atoms with Crippen LogP contribution in [0.4, 0.5) is 44.3 Å². The van der Waals surface area contributed by atoms with E-state index in [1.54, 1.807) is 0 Å². The van der Waals surface area contributed by atoms with Crippen molar-refractivity contribution in [1.29, 1.82) is 0 Å². The lowest BCUT2D eigenvalue weighted by molar-refractivity contribution is -0.143. The maximum absolute atomic E-state index is 14.7. The zero-order valence-electron chi connectivity index (χ0n) is 18.9. The molecule has 206 valence electrons. The van der Waals surface area contributed by atoms with Gasteiger partial charge in [0.15, 0.2) is 11.6 Å². The molecular weight excluding hydrogens is 559 g/mol. The van der Waals surface area contributed by atoms with Gasteiger partial charge in [-0.3, -0.25) is 19.4 Å². The number of hydrogen-bond donors (Lipinski definition) is 0. The number of carbonyl (C=O) groups excluding carboxylic acids is 3. The molecule has 0 spiro atoms. The molecule has 0 radical (unpaired) electrons. The fourth-order valence-corrected chi connectivity index (χ4v) is 3.88. The minimum Gasteiger partial charge on any atom is -0.274 e. The van der Waals surface area contributed by atoms with Crippen LogP contribution in [-0.4, -0.2) is 40.7 Å². The van der Waals surface area contributed by atoms with Crippen molar-refractivity contribution in [1.82, 2.24) is 9.80 Å². The SMILES string of the molecule is O=C1CC(=O)N(CCC(F)(F)c2cccc(F)c2F)C(=O)N1CCC(F)(F)c1ccc(Cl)c(C(F)(F)F)c1. The van der Waals surface area contributed by atoms with E-state index >= 15 is 0 Å². The Hall–Kier alpha value is -3.29. The molecule has 3 rings (SSSR count). The Labute approximate surface area is 213 Å². The minimum atomic E-state index is -5.04. The molecule has 1 fully saturated rings. The second-order valence-corrected chi connectivity index (χ2v) is 8.66. The average Bonchev–Trinajstić information content (AvgIpc) is 2.79. The Morgan fingerprint density at radius 1 is 0.763 bits per heavy atom. The molecule has 4 amide bonds. The van der Waals surface area contributed by atoms with Crippen molar-refractivity contribution in [3.8, 4) is 0 Å². The summed E-state index contributed by atoms with van der Waals surface area (Å²) in [4.78, 5) is 37.3. The molecule has 0 aliphatic carbocycles. The molecule has 0 bridgehead atoms. The molecule has 0 N–H and O–H groups in total. The summed E-state index contributed by atoms with van der Waals surface area (Å²) in [6, 6.07) is 1.83. The van der Waals surface area contributed by atoms with E-state index in [0.29, 0.717) is 24.3 Å². The van der Waals surface area contributed by atoms with Gasteiger partial charge in [-0.05, 0) is 24.3 Å². The predicted octanol–water partition coefficient (Wildman–Crippen LogP) is 6.48. The number of nitrogens with zero attached hydrogens (tertiary/aromatic N) is 2. The third kappa shape index (κ3) is 6.05. The Morgan fingerprint density at radius 2 is 1.32 bits per heavy atom. The van der Waals surface area contributed by atoms with Crippen molar-refractivity contribution in [2.24, 2.45) is 0 Å². The van der Waals surface area contributed by atoms with Crippen molar-refractivity contribution in [3.63, 3.8) is 0 Å². The van der Waals surface area contributed by atoms with Gasteiger partial charge in [-0.1, -0.05) is 23.7 Å². The zero-order chi connectivity index (χ0) is 28.6. The van der Waals surface area contributed by atoms with E-state index in [1.165, 1.54) is 0 Å². The Bertz CT molecular complexity index is 1270. The van der Waals surface area contributed by atoms with Crippen LogP contribution in [0, 0.1) is 11.6 Å². The molecule has 1 saturated heterocycles. The third-order valence-electron chi connectivity index (χ3n) is 5.70. The van der Waals surface area contributed by atoms with Gasteiger partial charge < -0.3 is 0 Å². The van der Waals surface area contributed by atoms with Gasteiger partial charge in [-0.2, -0.15) is 13.2 Å². The summed E-state index contributed by atoms with van der Waals surface area (Å²) >= 11 is 5.42. The lowest BCUT2D eigenvalue weighted by Gasteiger charge is -2.34. The highest BCUT2D eigenvalue weighted by atomic mass is 35.5.